The van der Waals surface area contributed by atoms with E-state index in [1.807, 2.05) is 24.4 Å². The van der Waals surface area contributed by atoms with E-state index in [-0.39, 0.29) is 0 Å². The van der Waals surface area contributed by atoms with E-state index in [4.69, 9.17) is 0 Å². The van der Waals surface area contributed by atoms with Crippen molar-refractivity contribution in [1.82, 2.24) is 4.98 Å². The van der Waals surface area contributed by atoms with Crippen molar-refractivity contribution >= 4 is 5.82 Å². The lowest BCUT2D eigenvalue weighted by Crippen LogP contribution is -2.16. The number of pyridine rings is 1. The summed E-state index contributed by atoms with van der Waals surface area (Å²) in [7, 11) is 0. The highest BCUT2D eigenvalue weighted by Gasteiger charge is 2.22. The monoisotopic (exact) mass is 190 g/mol. The Bertz CT molecular complexity index is 271. The molecule has 0 saturated heterocycles. The van der Waals surface area contributed by atoms with Crippen LogP contribution >= 0.6 is 0 Å². The van der Waals surface area contributed by atoms with Crippen LogP contribution in [-0.4, -0.2) is 11.5 Å². The summed E-state index contributed by atoms with van der Waals surface area (Å²) >= 11 is 0. The van der Waals surface area contributed by atoms with Crippen LogP contribution in [0, 0.1) is 11.8 Å². The fraction of sp³-hybridized carbons (Fsp3) is 0.583. The summed E-state index contributed by atoms with van der Waals surface area (Å²) in [6, 6.07) is 6.00. The fourth-order valence-electron chi connectivity index (χ4n) is 2.23. The number of nitrogens with one attached hydrogen (secondary N) is 1. The van der Waals surface area contributed by atoms with Gasteiger partial charge in [0.15, 0.2) is 0 Å². The molecular formula is C12H18N2. The smallest absolute Gasteiger partial charge is 0.125 e. The highest BCUT2D eigenvalue weighted by molar-refractivity contribution is 5.33. The van der Waals surface area contributed by atoms with Gasteiger partial charge in [-0.2, -0.15) is 0 Å². The molecular weight excluding hydrogens is 172 g/mol. The van der Waals surface area contributed by atoms with Crippen molar-refractivity contribution in [3.63, 3.8) is 0 Å². The van der Waals surface area contributed by atoms with Crippen LogP contribution < -0.4 is 5.32 Å². The molecule has 1 fully saturated rings. The van der Waals surface area contributed by atoms with Crippen LogP contribution in [0.1, 0.15) is 26.2 Å². The van der Waals surface area contributed by atoms with Crippen molar-refractivity contribution in [2.45, 2.75) is 26.2 Å². The zero-order valence-corrected chi connectivity index (χ0v) is 8.74. The van der Waals surface area contributed by atoms with Crippen molar-refractivity contribution in [2.75, 3.05) is 11.9 Å². The van der Waals surface area contributed by atoms with Crippen molar-refractivity contribution in [3.05, 3.63) is 24.4 Å². The Kier molecular flexibility index (Phi) is 3.02. The minimum atomic E-state index is 0.844. The molecule has 0 bridgehead atoms. The minimum absolute atomic E-state index is 0.844. The SMILES string of the molecule is CC1CCCC1CNc1ccccn1. The first-order valence-electron chi connectivity index (χ1n) is 5.51. The van der Waals surface area contributed by atoms with Crippen molar-refractivity contribution in [2.24, 2.45) is 11.8 Å². The summed E-state index contributed by atoms with van der Waals surface area (Å²) < 4.78 is 0. The maximum atomic E-state index is 4.25. The van der Waals surface area contributed by atoms with Gasteiger partial charge in [-0.15, -0.1) is 0 Å². The molecule has 1 heterocycles. The number of hydrogen-bond donors (Lipinski definition) is 1. The van der Waals surface area contributed by atoms with Crippen molar-refractivity contribution in [3.8, 4) is 0 Å². The van der Waals surface area contributed by atoms with E-state index in [9.17, 15) is 0 Å². The number of aromatic nitrogens is 1. The van der Waals surface area contributed by atoms with Crippen LogP contribution in [0.15, 0.2) is 24.4 Å². The van der Waals surface area contributed by atoms with Gasteiger partial charge in [-0.1, -0.05) is 25.8 Å². The zero-order chi connectivity index (χ0) is 9.80. The van der Waals surface area contributed by atoms with Crippen molar-refractivity contribution in [1.29, 1.82) is 0 Å². The standard InChI is InChI=1S/C12H18N2/c1-10-5-4-6-11(10)9-14-12-7-2-3-8-13-12/h2-3,7-8,10-11H,4-6,9H2,1H3,(H,13,14). The zero-order valence-electron chi connectivity index (χ0n) is 8.74. The van der Waals surface area contributed by atoms with Gasteiger partial charge in [-0.25, -0.2) is 4.98 Å². The van der Waals surface area contributed by atoms with Crippen LogP contribution in [-0.2, 0) is 0 Å². The third-order valence-electron chi connectivity index (χ3n) is 3.25. The molecule has 2 atom stereocenters. The topological polar surface area (TPSA) is 24.9 Å². The molecule has 1 aromatic rings. The Morgan fingerprint density at radius 3 is 3.00 bits per heavy atom. The molecule has 0 aliphatic heterocycles. The molecule has 1 saturated carbocycles. The minimum Gasteiger partial charge on any atom is -0.370 e. The second kappa shape index (κ2) is 4.45. The van der Waals surface area contributed by atoms with Crippen molar-refractivity contribution < 1.29 is 0 Å². The first-order valence-corrected chi connectivity index (χ1v) is 5.51. The fourth-order valence-corrected chi connectivity index (χ4v) is 2.23. The van der Waals surface area contributed by atoms with Crippen LogP contribution in [0.2, 0.25) is 0 Å². The first-order chi connectivity index (χ1) is 6.86. The molecule has 76 valence electrons. The Balaban J connectivity index is 1.82. The lowest BCUT2D eigenvalue weighted by atomic mass is 9.98. The summed E-state index contributed by atoms with van der Waals surface area (Å²) in [4.78, 5) is 4.25. The normalized spacial score (nSPS) is 26.4. The molecule has 1 aliphatic carbocycles. The molecule has 2 unspecified atom stereocenters. The summed E-state index contributed by atoms with van der Waals surface area (Å²) in [5.74, 6) is 2.73. The summed E-state index contributed by atoms with van der Waals surface area (Å²) in [5, 5.41) is 3.41. The summed E-state index contributed by atoms with van der Waals surface area (Å²) in [6.07, 6.45) is 6.01. The maximum Gasteiger partial charge on any atom is 0.125 e. The van der Waals surface area contributed by atoms with Crippen LogP contribution in [0.4, 0.5) is 5.82 Å². The molecule has 0 amide bonds. The Morgan fingerprint density at radius 1 is 1.43 bits per heavy atom. The first kappa shape index (κ1) is 9.50. The Morgan fingerprint density at radius 2 is 2.36 bits per heavy atom. The third-order valence-corrected chi connectivity index (χ3v) is 3.25. The Hall–Kier alpha value is -1.05. The van der Waals surface area contributed by atoms with Gasteiger partial charge in [-0.3, -0.25) is 0 Å². The molecule has 2 heteroatoms. The highest BCUT2D eigenvalue weighted by Crippen LogP contribution is 2.30. The molecule has 2 nitrogen and oxygen atoms in total. The predicted molar refractivity (Wildman–Crippen MR) is 59.2 cm³/mol. The van der Waals surface area contributed by atoms with Crippen LogP contribution in [0.25, 0.3) is 0 Å². The van der Waals surface area contributed by atoms with Crippen LogP contribution in [0.5, 0.6) is 0 Å². The molecule has 1 aliphatic rings. The van der Waals surface area contributed by atoms with Gasteiger partial charge in [0, 0.05) is 12.7 Å². The maximum absolute atomic E-state index is 4.25. The molecule has 14 heavy (non-hydrogen) atoms. The Labute approximate surface area is 85.7 Å². The molecule has 0 aromatic carbocycles. The van der Waals surface area contributed by atoms with E-state index in [1.54, 1.807) is 0 Å². The quantitative estimate of drug-likeness (QED) is 0.792. The third kappa shape index (κ3) is 2.25. The van der Waals surface area contributed by atoms with E-state index >= 15 is 0 Å². The summed E-state index contributed by atoms with van der Waals surface area (Å²) in [6.45, 7) is 3.44. The van der Waals surface area contributed by atoms with Gasteiger partial charge < -0.3 is 5.32 Å². The molecule has 0 spiro atoms. The second-order valence-corrected chi connectivity index (χ2v) is 4.26. The summed E-state index contributed by atoms with van der Waals surface area (Å²) in [5.41, 5.74) is 0. The largest absolute Gasteiger partial charge is 0.370 e. The molecule has 2 rings (SSSR count). The van der Waals surface area contributed by atoms with E-state index < -0.39 is 0 Å². The molecule has 1 N–H and O–H groups in total. The lowest BCUT2D eigenvalue weighted by Gasteiger charge is -2.15. The van der Waals surface area contributed by atoms with Gasteiger partial charge in [0.2, 0.25) is 0 Å². The number of anilines is 1. The van der Waals surface area contributed by atoms with E-state index in [1.165, 1.54) is 19.3 Å². The van der Waals surface area contributed by atoms with Crippen LogP contribution in [0.3, 0.4) is 0 Å². The number of nitrogens with zero attached hydrogens (tertiary/aromatic N) is 1. The molecule has 1 aromatic heterocycles. The number of hydrogen-bond acceptors (Lipinski definition) is 2. The van der Waals surface area contributed by atoms with Gasteiger partial charge in [0.05, 0.1) is 0 Å². The van der Waals surface area contributed by atoms with Gasteiger partial charge in [-0.05, 0) is 30.4 Å². The van der Waals surface area contributed by atoms with E-state index in [0.717, 1.165) is 24.2 Å². The van der Waals surface area contributed by atoms with Gasteiger partial charge >= 0.3 is 0 Å². The lowest BCUT2D eigenvalue weighted by molar-refractivity contribution is 0.439. The predicted octanol–water partition coefficient (Wildman–Crippen LogP) is 2.93. The highest BCUT2D eigenvalue weighted by atomic mass is 15.0. The van der Waals surface area contributed by atoms with E-state index in [0.29, 0.717) is 0 Å². The average molecular weight is 190 g/mol. The second-order valence-electron chi connectivity index (χ2n) is 4.26. The van der Waals surface area contributed by atoms with Gasteiger partial charge in [0.25, 0.3) is 0 Å². The average Bonchev–Trinajstić information content (AvgIpc) is 2.63. The van der Waals surface area contributed by atoms with E-state index in [2.05, 4.69) is 17.2 Å². The number of rotatable bonds is 3. The van der Waals surface area contributed by atoms with Gasteiger partial charge in [0.1, 0.15) is 5.82 Å². The molecule has 0 radical (unpaired) electrons.